The van der Waals surface area contributed by atoms with Crippen LogP contribution in [0.15, 0.2) is 12.1 Å². The molecule has 1 aliphatic carbocycles. The lowest BCUT2D eigenvalue weighted by Gasteiger charge is -2.27. The summed E-state index contributed by atoms with van der Waals surface area (Å²) in [5.41, 5.74) is 0.544. The van der Waals surface area contributed by atoms with Crippen LogP contribution in [0.1, 0.15) is 31.2 Å². The molecule has 2 rings (SSSR count). The predicted molar refractivity (Wildman–Crippen MR) is 77.2 cm³/mol. The van der Waals surface area contributed by atoms with Crippen molar-refractivity contribution in [1.82, 2.24) is 4.98 Å². The van der Waals surface area contributed by atoms with Gasteiger partial charge in [0.05, 0.1) is 11.6 Å². The van der Waals surface area contributed by atoms with E-state index in [2.05, 4.69) is 22.6 Å². The summed E-state index contributed by atoms with van der Waals surface area (Å²) in [5.74, 6) is 0.694. The molecule has 1 aromatic rings. The predicted octanol–water partition coefficient (Wildman–Crippen LogP) is 3.69. The Balaban J connectivity index is 2.06. The molecule has 1 heterocycles. The fourth-order valence-corrected chi connectivity index (χ4v) is 3.50. The lowest BCUT2D eigenvalue weighted by atomic mass is 10.1. The molecular weight excluding hydrogens is 266 g/mol. The van der Waals surface area contributed by atoms with Crippen molar-refractivity contribution in [2.24, 2.45) is 0 Å². The normalized spacial score (nSPS) is 17.4. The van der Waals surface area contributed by atoms with Crippen molar-refractivity contribution in [2.75, 3.05) is 18.1 Å². The lowest BCUT2D eigenvalue weighted by Crippen LogP contribution is -2.30. The van der Waals surface area contributed by atoms with Crippen LogP contribution in [-0.2, 0) is 0 Å². The highest BCUT2D eigenvalue weighted by Crippen LogP contribution is 2.40. The molecule has 1 saturated carbocycles. The number of thioether (sulfide) groups is 1. The van der Waals surface area contributed by atoms with Gasteiger partial charge >= 0.3 is 0 Å². The maximum absolute atomic E-state index is 8.89. The van der Waals surface area contributed by atoms with E-state index in [4.69, 9.17) is 16.9 Å². The van der Waals surface area contributed by atoms with Crippen LogP contribution in [0, 0.1) is 11.3 Å². The Bertz CT molecular complexity index is 464. The highest BCUT2D eigenvalue weighted by Gasteiger charge is 2.32. The number of hydrogen-bond acceptors (Lipinski definition) is 4. The molecule has 0 unspecified atom stereocenters. The SMILES string of the molecule is CSC1(CNc2cc(C#N)cc(Cl)n2)CCCC1. The number of pyridine rings is 1. The van der Waals surface area contributed by atoms with E-state index in [0.29, 0.717) is 21.3 Å². The third-order valence-corrected chi connectivity index (χ3v) is 5.07. The average Bonchev–Trinajstić information content (AvgIpc) is 2.85. The molecule has 1 fully saturated rings. The van der Waals surface area contributed by atoms with Gasteiger partial charge in [-0.25, -0.2) is 4.98 Å². The van der Waals surface area contributed by atoms with Gasteiger partial charge in [0.15, 0.2) is 0 Å². The maximum Gasteiger partial charge on any atom is 0.132 e. The number of rotatable bonds is 4. The van der Waals surface area contributed by atoms with E-state index in [9.17, 15) is 0 Å². The Morgan fingerprint density at radius 1 is 1.50 bits per heavy atom. The Labute approximate surface area is 117 Å². The summed E-state index contributed by atoms with van der Waals surface area (Å²) in [5, 5.41) is 12.6. The first-order chi connectivity index (χ1) is 8.67. The second-order valence-electron chi connectivity index (χ2n) is 4.62. The average molecular weight is 282 g/mol. The maximum atomic E-state index is 8.89. The van der Waals surface area contributed by atoms with E-state index >= 15 is 0 Å². The minimum Gasteiger partial charge on any atom is -0.369 e. The molecule has 0 bridgehead atoms. The first-order valence-electron chi connectivity index (χ1n) is 6.04. The summed E-state index contributed by atoms with van der Waals surface area (Å²) in [7, 11) is 0. The van der Waals surface area contributed by atoms with Gasteiger partial charge < -0.3 is 5.32 Å². The Morgan fingerprint density at radius 2 is 2.22 bits per heavy atom. The van der Waals surface area contributed by atoms with Crippen molar-refractivity contribution in [1.29, 1.82) is 5.26 Å². The molecule has 0 spiro atoms. The monoisotopic (exact) mass is 281 g/mol. The molecule has 0 aromatic carbocycles. The third-order valence-electron chi connectivity index (χ3n) is 3.46. The number of halogens is 1. The first-order valence-corrected chi connectivity index (χ1v) is 7.64. The molecule has 0 aliphatic heterocycles. The van der Waals surface area contributed by atoms with Gasteiger partial charge in [0.2, 0.25) is 0 Å². The number of nitrogens with one attached hydrogen (secondary N) is 1. The Morgan fingerprint density at radius 3 is 2.83 bits per heavy atom. The van der Waals surface area contributed by atoms with Gasteiger partial charge in [0, 0.05) is 11.3 Å². The molecule has 0 radical (unpaired) electrons. The summed E-state index contributed by atoms with van der Waals surface area (Å²) >= 11 is 7.81. The minimum atomic E-state index is 0.316. The summed E-state index contributed by atoms with van der Waals surface area (Å²) < 4.78 is 0.316. The van der Waals surface area contributed by atoms with Crippen LogP contribution >= 0.6 is 23.4 Å². The van der Waals surface area contributed by atoms with E-state index in [1.807, 2.05) is 11.8 Å². The summed E-state index contributed by atoms with van der Waals surface area (Å²) in [6.45, 7) is 0.881. The van der Waals surface area contributed by atoms with Crippen LogP contribution in [0.3, 0.4) is 0 Å². The fraction of sp³-hybridized carbons (Fsp3) is 0.538. The minimum absolute atomic E-state index is 0.316. The van der Waals surface area contributed by atoms with Crippen LogP contribution in [0.5, 0.6) is 0 Å². The lowest BCUT2D eigenvalue weighted by molar-refractivity contribution is 0.638. The molecular formula is C13H16ClN3S. The van der Waals surface area contributed by atoms with Crippen LogP contribution < -0.4 is 5.32 Å². The standard InChI is InChI=1S/C13H16ClN3S/c1-18-13(4-2-3-5-13)9-16-12-7-10(8-15)6-11(14)17-12/h6-7H,2-5,9H2,1H3,(H,16,17). The van der Waals surface area contributed by atoms with Crippen molar-refractivity contribution in [3.63, 3.8) is 0 Å². The van der Waals surface area contributed by atoms with Gasteiger partial charge in [-0.15, -0.1) is 0 Å². The smallest absolute Gasteiger partial charge is 0.132 e. The van der Waals surface area contributed by atoms with E-state index in [1.165, 1.54) is 25.7 Å². The van der Waals surface area contributed by atoms with Gasteiger partial charge in [0.1, 0.15) is 11.0 Å². The van der Waals surface area contributed by atoms with Crippen LogP contribution in [0.2, 0.25) is 5.15 Å². The molecule has 3 nitrogen and oxygen atoms in total. The second-order valence-corrected chi connectivity index (χ2v) is 6.28. The molecule has 5 heteroatoms. The Hall–Kier alpha value is -0.920. The van der Waals surface area contributed by atoms with Crippen LogP contribution in [0.4, 0.5) is 5.82 Å². The molecule has 0 saturated heterocycles. The van der Waals surface area contributed by atoms with Gasteiger partial charge in [-0.1, -0.05) is 24.4 Å². The van der Waals surface area contributed by atoms with Crippen molar-refractivity contribution < 1.29 is 0 Å². The Kier molecular flexibility index (Phi) is 4.36. The highest BCUT2D eigenvalue weighted by atomic mass is 35.5. The van der Waals surface area contributed by atoms with Gasteiger partial charge in [-0.3, -0.25) is 0 Å². The van der Waals surface area contributed by atoms with Crippen LogP contribution in [0.25, 0.3) is 0 Å². The highest BCUT2D eigenvalue weighted by molar-refractivity contribution is 8.00. The number of anilines is 1. The van der Waals surface area contributed by atoms with E-state index in [1.54, 1.807) is 12.1 Å². The number of nitrogens with zero attached hydrogens (tertiary/aromatic N) is 2. The fourth-order valence-electron chi connectivity index (χ4n) is 2.38. The third kappa shape index (κ3) is 3.09. The van der Waals surface area contributed by atoms with Crippen molar-refractivity contribution in [2.45, 2.75) is 30.4 Å². The summed E-state index contributed by atoms with van der Waals surface area (Å²) in [6.07, 6.45) is 7.25. The molecule has 1 N–H and O–H groups in total. The van der Waals surface area contributed by atoms with E-state index in [-0.39, 0.29) is 0 Å². The number of hydrogen-bond donors (Lipinski definition) is 1. The molecule has 1 aliphatic rings. The molecule has 0 amide bonds. The van der Waals surface area contributed by atoms with Crippen molar-refractivity contribution in [3.8, 4) is 6.07 Å². The molecule has 18 heavy (non-hydrogen) atoms. The second kappa shape index (κ2) is 5.81. The van der Waals surface area contributed by atoms with Crippen molar-refractivity contribution in [3.05, 3.63) is 22.8 Å². The largest absolute Gasteiger partial charge is 0.369 e. The first kappa shape index (κ1) is 13.5. The van der Waals surface area contributed by atoms with Crippen LogP contribution in [-0.4, -0.2) is 22.5 Å². The van der Waals surface area contributed by atoms with Gasteiger partial charge in [-0.2, -0.15) is 17.0 Å². The quantitative estimate of drug-likeness (QED) is 0.855. The number of nitriles is 1. The summed E-state index contributed by atoms with van der Waals surface area (Å²) in [6, 6.07) is 5.41. The van der Waals surface area contributed by atoms with Gasteiger partial charge in [-0.05, 0) is 31.2 Å². The molecule has 0 atom stereocenters. The zero-order chi connectivity index (χ0) is 13.0. The molecule has 96 valence electrons. The van der Waals surface area contributed by atoms with Gasteiger partial charge in [0.25, 0.3) is 0 Å². The zero-order valence-electron chi connectivity index (χ0n) is 10.4. The number of aromatic nitrogens is 1. The summed E-state index contributed by atoms with van der Waals surface area (Å²) in [4.78, 5) is 4.20. The molecule has 1 aromatic heterocycles. The van der Waals surface area contributed by atoms with E-state index in [0.717, 1.165) is 6.54 Å². The van der Waals surface area contributed by atoms with E-state index < -0.39 is 0 Å². The topological polar surface area (TPSA) is 48.7 Å². The van der Waals surface area contributed by atoms with Crippen molar-refractivity contribution >= 4 is 29.2 Å². The zero-order valence-corrected chi connectivity index (χ0v) is 11.9.